The highest BCUT2D eigenvalue weighted by Gasteiger charge is 2.38. The predicted octanol–water partition coefficient (Wildman–Crippen LogP) is 3.66. The first kappa shape index (κ1) is 22.9. The maximum atomic E-state index is 13.6. The molecule has 1 atom stereocenters. The summed E-state index contributed by atoms with van der Waals surface area (Å²) in [5, 5.41) is 3.10. The molecule has 3 aromatic carbocycles. The van der Waals surface area contributed by atoms with Crippen LogP contribution in [-0.2, 0) is 21.2 Å². The monoisotopic (exact) mass is 486 g/mol. The van der Waals surface area contributed by atoms with Crippen LogP contribution in [0.1, 0.15) is 5.56 Å². The van der Waals surface area contributed by atoms with E-state index in [4.69, 9.17) is 21.1 Å². The fraction of sp³-hybridized carbons (Fsp3) is 0.208. The quantitative estimate of drug-likeness (QED) is 0.551. The first-order chi connectivity index (χ1) is 15.9. The Labute approximate surface area is 197 Å². The van der Waals surface area contributed by atoms with Gasteiger partial charge in [-0.1, -0.05) is 54.1 Å². The second-order valence-electron chi connectivity index (χ2n) is 7.43. The summed E-state index contributed by atoms with van der Waals surface area (Å²) < 4.78 is 39.6. The van der Waals surface area contributed by atoms with Crippen LogP contribution >= 0.6 is 11.6 Å². The van der Waals surface area contributed by atoms with Crippen LogP contribution in [0, 0.1) is 0 Å². The van der Waals surface area contributed by atoms with E-state index in [1.165, 1.54) is 23.5 Å². The van der Waals surface area contributed by atoms with E-state index in [-0.39, 0.29) is 22.2 Å². The molecule has 0 spiro atoms. The molecule has 0 aromatic heterocycles. The Morgan fingerprint density at radius 2 is 1.85 bits per heavy atom. The number of carbonyl (C=O) groups excluding carboxylic acids is 1. The number of para-hydroxylation sites is 2. The maximum Gasteiger partial charge on any atom is 0.268 e. The molecule has 7 nitrogen and oxygen atoms in total. The van der Waals surface area contributed by atoms with Crippen LogP contribution in [-0.4, -0.2) is 40.6 Å². The van der Waals surface area contributed by atoms with Crippen molar-refractivity contribution < 1.29 is 22.7 Å². The number of hydrogen-bond acceptors (Lipinski definition) is 5. The second kappa shape index (κ2) is 9.72. The maximum absolute atomic E-state index is 13.6. The molecule has 3 aromatic rings. The lowest BCUT2D eigenvalue weighted by atomic mass is 10.1. The van der Waals surface area contributed by atoms with E-state index in [0.717, 1.165) is 5.56 Å². The topological polar surface area (TPSA) is 84.9 Å². The van der Waals surface area contributed by atoms with E-state index in [9.17, 15) is 13.2 Å². The van der Waals surface area contributed by atoms with Gasteiger partial charge >= 0.3 is 0 Å². The molecule has 0 bridgehead atoms. The molecular weight excluding hydrogens is 464 g/mol. The first-order valence-electron chi connectivity index (χ1n) is 10.3. The standard InChI is InChI=1S/C24H23ClN2O5S/c1-31-21-12-11-18(25)15-23(21)33(29,30)27-16-22(32-20-10-6-5-9-19(20)27)24(28)26-14-13-17-7-3-2-4-8-17/h2-12,15,22H,13-14,16H2,1H3,(H,26,28). The van der Waals surface area contributed by atoms with E-state index in [2.05, 4.69) is 5.32 Å². The molecule has 4 rings (SSSR count). The largest absolute Gasteiger partial charge is 0.495 e. The van der Waals surface area contributed by atoms with Crippen LogP contribution in [0.25, 0.3) is 0 Å². The lowest BCUT2D eigenvalue weighted by molar-refractivity contribution is -0.127. The highest BCUT2D eigenvalue weighted by molar-refractivity contribution is 7.93. The molecule has 1 N–H and O–H groups in total. The average molecular weight is 487 g/mol. The number of amides is 1. The van der Waals surface area contributed by atoms with Crippen molar-refractivity contribution >= 4 is 33.2 Å². The molecule has 0 aliphatic carbocycles. The Hall–Kier alpha value is -3.23. The lowest BCUT2D eigenvalue weighted by Crippen LogP contribution is -2.51. The molecule has 33 heavy (non-hydrogen) atoms. The summed E-state index contributed by atoms with van der Waals surface area (Å²) in [7, 11) is -2.72. The molecule has 1 unspecified atom stereocenters. The summed E-state index contributed by atoms with van der Waals surface area (Å²) in [5.74, 6) is 0.0717. The summed E-state index contributed by atoms with van der Waals surface area (Å²) >= 11 is 6.08. The Morgan fingerprint density at radius 1 is 1.12 bits per heavy atom. The Balaban J connectivity index is 1.59. The highest BCUT2D eigenvalue weighted by Crippen LogP contribution is 2.39. The Morgan fingerprint density at radius 3 is 2.61 bits per heavy atom. The number of benzene rings is 3. The summed E-state index contributed by atoms with van der Waals surface area (Å²) in [6, 6.07) is 20.8. The lowest BCUT2D eigenvalue weighted by Gasteiger charge is -2.35. The molecule has 172 valence electrons. The number of rotatable bonds is 7. The second-order valence-corrected chi connectivity index (χ2v) is 9.70. The number of fused-ring (bicyclic) bond motifs is 1. The van der Waals surface area contributed by atoms with Crippen molar-refractivity contribution in [3.8, 4) is 11.5 Å². The van der Waals surface area contributed by atoms with Gasteiger partial charge in [-0.05, 0) is 42.3 Å². The van der Waals surface area contributed by atoms with Gasteiger partial charge in [-0.2, -0.15) is 0 Å². The third-order valence-corrected chi connectivity index (χ3v) is 7.31. The molecule has 1 heterocycles. The number of hydrogen-bond donors (Lipinski definition) is 1. The molecule has 0 saturated carbocycles. The number of anilines is 1. The van der Waals surface area contributed by atoms with Crippen molar-refractivity contribution in [2.75, 3.05) is 24.5 Å². The minimum atomic E-state index is -4.11. The molecule has 0 saturated heterocycles. The summed E-state index contributed by atoms with van der Waals surface area (Å²) in [5.41, 5.74) is 1.43. The smallest absolute Gasteiger partial charge is 0.268 e. The van der Waals surface area contributed by atoms with Gasteiger partial charge in [0.15, 0.2) is 6.10 Å². The van der Waals surface area contributed by atoms with Gasteiger partial charge in [0, 0.05) is 11.6 Å². The van der Waals surface area contributed by atoms with E-state index in [1.54, 1.807) is 30.3 Å². The summed E-state index contributed by atoms with van der Waals surface area (Å²) in [6.07, 6.45) is -0.368. The van der Waals surface area contributed by atoms with Crippen molar-refractivity contribution in [1.82, 2.24) is 5.32 Å². The van der Waals surface area contributed by atoms with Gasteiger partial charge < -0.3 is 14.8 Å². The average Bonchev–Trinajstić information content (AvgIpc) is 2.83. The Bertz CT molecular complexity index is 1250. The van der Waals surface area contributed by atoms with Crippen LogP contribution in [0.3, 0.4) is 0 Å². The van der Waals surface area contributed by atoms with E-state index in [1.807, 2.05) is 30.3 Å². The number of methoxy groups -OCH3 is 1. The van der Waals surface area contributed by atoms with Gasteiger partial charge in [0.1, 0.15) is 16.4 Å². The van der Waals surface area contributed by atoms with Crippen LogP contribution in [0.4, 0.5) is 5.69 Å². The van der Waals surface area contributed by atoms with Crippen molar-refractivity contribution in [3.63, 3.8) is 0 Å². The number of sulfonamides is 1. The molecular formula is C24H23ClN2O5S. The van der Waals surface area contributed by atoms with E-state index >= 15 is 0 Å². The minimum Gasteiger partial charge on any atom is -0.495 e. The molecule has 0 radical (unpaired) electrons. The molecule has 9 heteroatoms. The Kier molecular flexibility index (Phi) is 6.76. The highest BCUT2D eigenvalue weighted by atomic mass is 35.5. The van der Waals surface area contributed by atoms with Gasteiger partial charge in [0.2, 0.25) is 0 Å². The predicted molar refractivity (Wildman–Crippen MR) is 127 cm³/mol. The zero-order valence-electron chi connectivity index (χ0n) is 17.9. The van der Waals surface area contributed by atoms with Gasteiger partial charge in [-0.15, -0.1) is 0 Å². The molecule has 1 aliphatic heterocycles. The molecule has 1 aliphatic rings. The van der Waals surface area contributed by atoms with Crippen LogP contribution in [0.2, 0.25) is 5.02 Å². The van der Waals surface area contributed by atoms with Gasteiger partial charge in [-0.3, -0.25) is 9.10 Å². The van der Waals surface area contributed by atoms with E-state index < -0.39 is 22.0 Å². The minimum absolute atomic E-state index is 0.0857. The fourth-order valence-corrected chi connectivity index (χ4v) is 5.52. The van der Waals surface area contributed by atoms with Crippen molar-refractivity contribution in [3.05, 3.63) is 83.4 Å². The van der Waals surface area contributed by atoms with Crippen LogP contribution in [0.5, 0.6) is 11.5 Å². The van der Waals surface area contributed by atoms with Crippen LogP contribution < -0.4 is 19.1 Å². The van der Waals surface area contributed by atoms with Gasteiger partial charge in [0.25, 0.3) is 15.9 Å². The SMILES string of the molecule is COc1ccc(Cl)cc1S(=O)(=O)N1CC(C(=O)NCCc2ccccc2)Oc2ccccc21. The molecule has 1 amide bonds. The van der Waals surface area contributed by atoms with Gasteiger partial charge in [0.05, 0.1) is 19.3 Å². The van der Waals surface area contributed by atoms with Crippen molar-refractivity contribution in [2.45, 2.75) is 17.4 Å². The zero-order valence-corrected chi connectivity index (χ0v) is 19.5. The third-order valence-electron chi connectivity index (χ3n) is 5.28. The normalized spacial score (nSPS) is 15.3. The van der Waals surface area contributed by atoms with Crippen molar-refractivity contribution in [2.24, 2.45) is 0 Å². The number of carbonyl (C=O) groups is 1. The number of halogens is 1. The van der Waals surface area contributed by atoms with Gasteiger partial charge in [-0.25, -0.2) is 8.42 Å². The third kappa shape index (κ3) is 4.91. The van der Waals surface area contributed by atoms with Crippen LogP contribution in [0.15, 0.2) is 77.7 Å². The zero-order chi connectivity index (χ0) is 23.4. The summed E-state index contributed by atoms with van der Waals surface area (Å²) in [4.78, 5) is 12.8. The number of ether oxygens (including phenoxy) is 2. The van der Waals surface area contributed by atoms with E-state index in [0.29, 0.717) is 24.4 Å². The first-order valence-corrected chi connectivity index (χ1v) is 12.2. The number of nitrogens with one attached hydrogen (secondary N) is 1. The van der Waals surface area contributed by atoms with Crippen molar-refractivity contribution in [1.29, 1.82) is 0 Å². The summed E-state index contributed by atoms with van der Waals surface area (Å²) in [6.45, 7) is 0.214. The fourth-order valence-electron chi connectivity index (χ4n) is 3.63. The number of nitrogens with zero attached hydrogens (tertiary/aromatic N) is 1. The molecule has 0 fully saturated rings.